The molecule has 1 aromatic carbocycles. The van der Waals surface area contributed by atoms with Crippen molar-refractivity contribution in [1.29, 1.82) is 0 Å². The van der Waals surface area contributed by atoms with Gasteiger partial charge < -0.3 is 9.42 Å². The minimum atomic E-state index is -3.48. The number of hydrogen-bond donors (Lipinski definition) is 1. The Kier molecular flexibility index (Phi) is 3.50. The van der Waals surface area contributed by atoms with Crippen molar-refractivity contribution in [1.82, 2.24) is 0 Å². The summed E-state index contributed by atoms with van der Waals surface area (Å²) in [6, 6.07) is 6.99. The average Bonchev–Trinajstić information content (AvgIpc) is 2.18. The maximum atomic E-state index is 11.3. The van der Waals surface area contributed by atoms with E-state index >= 15 is 0 Å². The first-order chi connectivity index (χ1) is 6.59. The lowest BCUT2D eigenvalue weighted by Gasteiger charge is -2.12. The summed E-state index contributed by atoms with van der Waals surface area (Å²) in [5.41, 5.74) is 0.718. The molecule has 1 aromatic rings. The van der Waals surface area contributed by atoms with Crippen molar-refractivity contribution < 1.29 is 14.0 Å². The molecule has 0 amide bonds. The highest BCUT2D eigenvalue weighted by molar-refractivity contribution is 7.53. The topological polar surface area (TPSA) is 46.5 Å². The first-order valence-electron chi connectivity index (χ1n) is 4.32. The fraction of sp³-hybridized carbons (Fsp3) is 0.200. The van der Waals surface area contributed by atoms with Crippen LogP contribution in [0.1, 0.15) is 12.5 Å². The van der Waals surface area contributed by atoms with Crippen molar-refractivity contribution >= 4 is 13.7 Å². The monoisotopic (exact) mass is 212 g/mol. The number of rotatable bonds is 4. The molecule has 0 aromatic heterocycles. The van der Waals surface area contributed by atoms with Crippen LogP contribution in [0, 0.1) is 0 Å². The second-order valence-corrected chi connectivity index (χ2v) is 4.88. The predicted octanol–water partition coefficient (Wildman–Crippen LogP) is 2.91. The van der Waals surface area contributed by atoms with Crippen molar-refractivity contribution in [2.75, 3.05) is 6.16 Å². The van der Waals surface area contributed by atoms with Crippen LogP contribution < -0.4 is 4.52 Å². The van der Waals surface area contributed by atoms with Gasteiger partial charge in [-0.25, -0.2) is 4.57 Å². The van der Waals surface area contributed by atoms with Crippen molar-refractivity contribution in [2.45, 2.75) is 6.92 Å². The molecule has 0 aliphatic carbocycles. The van der Waals surface area contributed by atoms with Gasteiger partial charge in [0.05, 0.1) is 6.16 Å². The van der Waals surface area contributed by atoms with Gasteiger partial charge in [-0.2, -0.15) is 0 Å². The molecule has 0 saturated carbocycles. The van der Waals surface area contributed by atoms with Gasteiger partial charge in [0.2, 0.25) is 0 Å². The van der Waals surface area contributed by atoms with Crippen LogP contribution in [0.5, 0.6) is 5.75 Å². The lowest BCUT2D eigenvalue weighted by Crippen LogP contribution is -1.95. The smallest absolute Gasteiger partial charge is 0.376 e. The van der Waals surface area contributed by atoms with E-state index in [-0.39, 0.29) is 6.16 Å². The Morgan fingerprint density at radius 1 is 1.57 bits per heavy atom. The van der Waals surface area contributed by atoms with Crippen LogP contribution in [-0.2, 0) is 4.57 Å². The normalized spacial score (nSPS) is 14.4. The molecule has 0 aliphatic heterocycles. The van der Waals surface area contributed by atoms with E-state index in [9.17, 15) is 9.46 Å². The Balaban J connectivity index is 2.97. The Morgan fingerprint density at radius 3 is 2.79 bits per heavy atom. The van der Waals surface area contributed by atoms with Crippen LogP contribution in [0.4, 0.5) is 0 Å². The molecule has 3 nitrogen and oxygen atoms in total. The molecule has 0 saturated heterocycles. The van der Waals surface area contributed by atoms with Gasteiger partial charge in [-0.1, -0.05) is 37.8 Å². The van der Waals surface area contributed by atoms with Gasteiger partial charge >= 0.3 is 7.60 Å². The third-order valence-electron chi connectivity index (χ3n) is 1.78. The fourth-order valence-electron chi connectivity index (χ4n) is 0.951. The summed E-state index contributed by atoms with van der Waals surface area (Å²) in [6.07, 6.45) is 1.68. The molecule has 1 N–H and O–H groups in total. The predicted molar refractivity (Wildman–Crippen MR) is 57.5 cm³/mol. The molecule has 0 spiro atoms. The third kappa shape index (κ3) is 2.72. The lowest BCUT2D eigenvalue weighted by atomic mass is 10.2. The van der Waals surface area contributed by atoms with Gasteiger partial charge in [-0.15, -0.1) is 0 Å². The molecular formula is C10H13O3P. The Hall–Kier alpha value is -1.05. The van der Waals surface area contributed by atoms with Gasteiger partial charge in [-0.3, -0.25) is 0 Å². The molecule has 0 fully saturated rings. The SMILES string of the molecule is C=Cc1ccccc1OP(=O)(O)CC. The quantitative estimate of drug-likeness (QED) is 0.780. The van der Waals surface area contributed by atoms with E-state index in [0.29, 0.717) is 5.75 Å². The zero-order valence-corrected chi connectivity index (χ0v) is 8.91. The highest BCUT2D eigenvalue weighted by Gasteiger charge is 2.18. The average molecular weight is 212 g/mol. The highest BCUT2D eigenvalue weighted by atomic mass is 31.2. The molecule has 1 unspecified atom stereocenters. The van der Waals surface area contributed by atoms with E-state index in [0.717, 1.165) is 5.56 Å². The molecule has 1 atom stereocenters. The zero-order chi connectivity index (χ0) is 10.6. The van der Waals surface area contributed by atoms with E-state index in [1.807, 2.05) is 6.07 Å². The van der Waals surface area contributed by atoms with Crippen molar-refractivity contribution in [3.05, 3.63) is 36.4 Å². The van der Waals surface area contributed by atoms with E-state index in [1.165, 1.54) is 0 Å². The number of benzene rings is 1. The minimum absolute atomic E-state index is 0.0957. The molecule has 4 heteroatoms. The van der Waals surface area contributed by atoms with Crippen LogP contribution in [0.25, 0.3) is 6.08 Å². The first kappa shape index (κ1) is 11.0. The molecule has 1 rings (SSSR count). The van der Waals surface area contributed by atoms with Gasteiger partial charge in [-0.05, 0) is 6.07 Å². The van der Waals surface area contributed by atoms with E-state index in [2.05, 4.69) is 6.58 Å². The molecule has 0 bridgehead atoms. The summed E-state index contributed by atoms with van der Waals surface area (Å²) >= 11 is 0. The maximum Gasteiger partial charge on any atom is 0.376 e. The standard InChI is InChI=1S/C10H13O3P/c1-3-9-7-5-6-8-10(9)13-14(11,12)4-2/h3,5-8H,1,4H2,2H3,(H,11,12). The number of para-hydroxylation sites is 1. The number of hydrogen-bond acceptors (Lipinski definition) is 2. The Morgan fingerprint density at radius 2 is 2.21 bits per heavy atom. The minimum Gasteiger partial charge on any atom is -0.424 e. The van der Waals surface area contributed by atoms with Crippen LogP contribution >= 0.6 is 7.60 Å². The second-order valence-electron chi connectivity index (χ2n) is 2.79. The second kappa shape index (κ2) is 4.45. The van der Waals surface area contributed by atoms with Crippen molar-refractivity contribution in [3.63, 3.8) is 0 Å². The van der Waals surface area contributed by atoms with Crippen LogP contribution in [0.3, 0.4) is 0 Å². The van der Waals surface area contributed by atoms with Crippen LogP contribution in [0.15, 0.2) is 30.8 Å². The Labute approximate surface area is 83.6 Å². The first-order valence-corrected chi connectivity index (χ1v) is 6.08. The summed E-state index contributed by atoms with van der Waals surface area (Å²) < 4.78 is 16.3. The third-order valence-corrected chi connectivity index (χ3v) is 3.06. The van der Waals surface area contributed by atoms with Gasteiger partial charge in [0.15, 0.2) is 0 Å². The molecule has 0 heterocycles. The molecule has 76 valence electrons. The zero-order valence-electron chi connectivity index (χ0n) is 8.01. The summed E-state index contributed by atoms with van der Waals surface area (Å²) in [7, 11) is -3.48. The van der Waals surface area contributed by atoms with Gasteiger partial charge in [0, 0.05) is 5.56 Å². The van der Waals surface area contributed by atoms with E-state index in [1.54, 1.807) is 31.2 Å². The summed E-state index contributed by atoms with van der Waals surface area (Å²) in [4.78, 5) is 9.30. The molecule has 14 heavy (non-hydrogen) atoms. The van der Waals surface area contributed by atoms with Crippen molar-refractivity contribution in [3.8, 4) is 5.75 Å². The summed E-state index contributed by atoms with van der Waals surface area (Å²) in [5.74, 6) is 0.398. The molecule has 0 aliphatic rings. The molecular weight excluding hydrogens is 199 g/mol. The van der Waals surface area contributed by atoms with Crippen molar-refractivity contribution in [2.24, 2.45) is 0 Å². The van der Waals surface area contributed by atoms with Gasteiger partial charge in [0.1, 0.15) is 5.75 Å². The summed E-state index contributed by atoms with van der Waals surface area (Å²) in [6.45, 7) is 5.20. The van der Waals surface area contributed by atoms with Crippen LogP contribution in [-0.4, -0.2) is 11.1 Å². The highest BCUT2D eigenvalue weighted by Crippen LogP contribution is 2.43. The maximum absolute atomic E-state index is 11.3. The van der Waals surface area contributed by atoms with Crippen LogP contribution in [0.2, 0.25) is 0 Å². The molecule has 0 radical (unpaired) electrons. The Bertz CT molecular complexity index is 373. The lowest BCUT2D eigenvalue weighted by molar-refractivity contribution is 0.381. The van der Waals surface area contributed by atoms with E-state index < -0.39 is 7.60 Å². The van der Waals surface area contributed by atoms with E-state index in [4.69, 9.17) is 4.52 Å². The summed E-state index contributed by atoms with van der Waals surface area (Å²) in [5, 5.41) is 0. The fourth-order valence-corrected chi connectivity index (χ4v) is 1.55. The van der Waals surface area contributed by atoms with Gasteiger partial charge in [0.25, 0.3) is 0 Å². The largest absolute Gasteiger partial charge is 0.424 e.